The van der Waals surface area contributed by atoms with Crippen LogP contribution in [-0.4, -0.2) is 54.8 Å². The van der Waals surface area contributed by atoms with Gasteiger partial charge in [0.2, 0.25) is 5.88 Å². The van der Waals surface area contributed by atoms with Crippen molar-refractivity contribution in [1.29, 1.82) is 0 Å². The van der Waals surface area contributed by atoms with Gasteiger partial charge in [0.05, 0.1) is 6.10 Å². The summed E-state index contributed by atoms with van der Waals surface area (Å²) < 4.78 is 11.7. The molecular weight excluding hydrogens is 455 g/mol. The van der Waals surface area contributed by atoms with Gasteiger partial charge in [-0.05, 0) is 57.1 Å². The minimum absolute atomic E-state index is 0. The predicted molar refractivity (Wildman–Crippen MR) is 119 cm³/mol. The van der Waals surface area contributed by atoms with Crippen molar-refractivity contribution in [3.8, 4) is 5.88 Å². The Morgan fingerprint density at radius 1 is 1.22 bits per heavy atom. The molecule has 27 heavy (non-hydrogen) atoms. The Balaban J connectivity index is 0.00000261. The molecule has 7 heteroatoms. The number of piperidine rings is 1. The van der Waals surface area contributed by atoms with E-state index < -0.39 is 0 Å². The third kappa shape index (κ3) is 6.78. The van der Waals surface area contributed by atoms with E-state index in [0.717, 1.165) is 63.8 Å². The molecule has 1 aliphatic carbocycles. The van der Waals surface area contributed by atoms with Crippen molar-refractivity contribution in [2.45, 2.75) is 64.2 Å². The van der Waals surface area contributed by atoms with E-state index in [1.54, 1.807) is 0 Å². The maximum absolute atomic E-state index is 6.01. The monoisotopic (exact) mass is 488 g/mol. The topological polar surface area (TPSA) is 59.0 Å². The average Bonchev–Trinajstić information content (AvgIpc) is 3.17. The second-order valence-electron chi connectivity index (χ2n) is 7.07. The van der Waals surface area contributed by atoms with Crippen LogP contribution in [0.1, 0.15) is 51.0 Å². The first-order valence-electron chi connectivity index (χ1n) is 9.97. The first-order valence-corrected chi connectivity index (χ1v) is 9.97. The van der Waals surface area contributed by atoms with Crippen LogP contribution in [0.3, 0.4) is 0 Å². The largest absolute Gasteiger partial charge is 0.474 e. The number of aliphatic imine (C=N–C) groups is 1. The summed E-state index contributed by atoms with van der Waals surface area (Å²) >= 11 is 0. The van der Waals surface area contributed by atoms with Crippen molar-refractivity contribution in [3.63, 3.8) is 0 Å². The van der Waals surface area contributed by atoms with Crippen LogP contribution in [0.5, 0.6) is 5.88 Å². The SMILES string of the molecule is CCOC1CCN(C(=NC)NCc2ccnc(OC3CCCC3)c2)CC1.I. The molecule has 0 aromatic carbocycles. The zero-order valence-electron chi connectivity index (χ0n) is 16.5. The number of hydrogen-bond donors (Lipinski definition) is 1. The second-order valence-corrected chi connectivity index (χ2v) is 7.07. The maximum atomic E-state index is 6.01. The van der Waals surface area contributed by atoms with Crippen molar-refractivity contribution >= 4 is 29.9 Å². The molecule has 1 aromatic heterocycles. The molecule has 2 fully saturated rings. The molecule has 0 atom stereocenters. The molecule has 2 aliphatic rings. The first-order chi connectivity index (χ1) is 12.8. The second kappa shape index (κ2) is 11.7. The summed E-state index contributed by atoms with van der Waals surface area (Å²) in [6.45, 7) is 5.55. The van der Waals surface area contributed by atoms with Gasteiger partial charge >= 0.3 is 0 Å². The van der Waals surface area contributed by atoms with E-state index in [1.807, 2.05) is 25.4 Å². The van der Waals surface area contributed by atoms with Crippen LogP contribution in [-0.2, 0) is 11.3 Å². The number of guanidine groups is 1. The number of ether oxygens (including phenoxy) is 2. The number of likely N-dealkylation sites (tertiary alicyclic amines) is 1. The lowest BCUT2D eigenvalue weighted by molar-refractivity contribution is 0.0263. The fourth-order valence-electron chi connectivity index (χ4n) is 3.79. The molecule has 1 aliphatic heterocycles. The average molecular weight is 488 g/mol. The molecule has 0 unspecified atom stereocenters. The molecule has 3 rings (SSSR count). The third-order valence-corrected chi connectivity index (χ3v) is 5.20. The molecule has 0 bridgehead atoms. The number of nitrogens with zero attached hydrogens (tertiary/aromatic N) is 3. The zero-order chi connectivity index (χ0) is 18.2. The van der Waals surface area contributed by atoms with Gasteiger partial charge < -0.3 is 19.7 Å². The van der Waals surface area contributed by atoms with E-state index in [0.29, 0.717) is 12.2 Å². The fraction of sp³-hybridized carbons (Fsp3) is 0.700. The Hall–Kier alpha value is -1.09. The molecule has 1 aromatic rings. The van der Waals surface area contributed by atoms with Crippen molar-refractivity contribution in [2.24, 2.45) is 4.99 Å². The summed E-state index contributed by atoms with van der Waals surface area (Å²) in [5.74, 6) is 1.69. The van der Waals surface area contributed by atoms with Crippen LogP contribution in [0.25, 0.3) is 0 Å². The van der Waals surface area contributed by atoms with Crippen molar-refractivity contribution in [2.75, 3.05) is 26.7 Å². The number of hydrogen-bond acceptors (Lipinski definition) is 4. The van der Waals surface area contributed by atoms with Crippen molar-refractivity contribution in [3.05, 3.63) is 23.9 Å². The molecule has 0 spiro atoms. The molecule has 0 radical (unpaired) electrons. The number of pyridine rings is 1. The summed E-state index contributed by atoms with van der Waals surface area (Å²) in [6.07, 6.45) is 9.51. The lowest BCUT2D eigenvalue weighted by Gasteiger charge is -2.34. The Morgan fingerprint density at radius 2 is 1.96 bits per heavy atom. The van der Waals surface area contributed by atoms with Gasteiger partial charge in [0, 0.05) is 45.6 Å². The zero-order valence-corrected chi connectivity index (χ0v) is 18.9. The Bertz CT molecular complexity index is 585. The van der Waals surface area contributed by atoms with Gasteiger partial charge in [0.25, 0.3) is 0 Å². The van der Waals surface area contributed by atoms with Gasteiger partial charge in [-0.25, -0.2) is 4.98 Å². The molecule has 1 N–H and O–H groups in total. The summed E-state index contributed by atoms with van der Waals surface area (Å²) in [7, 11) is 1.85. The summed E-state index contributed by atoms with van der Waals surface area (Å²) in [5, 5.41) is 3.47. The highest BCUT2D eigenvalue weighted by Crippen LogP contribution is 2.23. The smallest absolute Gasteiger partial charge is 0.213 e. The Morgan fingerprint density at radius 3 is 2.63 bits per heavy atom. The van der Waals surface area contributed by atoms with E-state index in [1.165, 1.54) is 18.4 Å². The van der Waals surface area contributed by atoms with Gasteiger partial charge in [-0.15, -0.1) is 24.0 Å². The van der Waals surface area contributed by atoms with Crippen LogP contribution < -0.4 is 10.1 Å². The highest BCUT2D eigenvalue weighted by atomic mass is 127. The first kappa shape index (κ1) is 22.2. The van der Waals surface area contributed by atoms with Gasteiger partial charge in [0.15, 0.2) is 5.96 Å². The van der Waals surface area contributed by atoms with Gasteiger partial charge in [-0.2, -0.15) is 0 Å². The highest BCUT2D eigenvalue weighted by Gasteiger charge is 2.21. The Labute approximate surface area is 180 Å². The van der Waals surface area contributed by atoms with Crippen LogP contribution in [0.4, 0.5) is 0 Å². The quantitative estimate of drug-likeness (QED) is 0.377. The fourth-order valence-corrected chi connectivity index (χ4v) is 3.79. The minimum atomic E-state index is 0. The molecule has 1 saturated heterocycles. The van der Waals surface area contributed by atoms with E-state index in [9.17, 15) is 0 Å². The number of halogens is 1. The minimum Gasteiger partial charge on any atom is -0.474 e. The van der Waals surface area contributed by atoms with E-state index >= 15 is 0 Å². The standard InChI is InChI=1S/C20H32N4O2.HI/c1-3-25-17-9-12-24(13-10-17)20(21-2)23-15-16-8-11-22-19(14-16)26-18-6-4-5-7-18;/h8,11,14,17-18H,3-7,9-10,12-13,15H2,1-2H3,(H,21,23);1H. The molecule has 0 amide bonds. The van der Waals surface area contributed by atoms with Gasteiger partial charge in [-0.1, -0.05) is 0 Å². The third-order valence-electron chi connectivity index (χ3n) is 5.20. The summed E-state index contributed by atoms with van der Waals surface area (Å²) in [4.78, 5) is 11.1. The molecule has 6 nitrogen and oxygen atoms in total. The molecule has 1 saturated carbocycles. The lowest BCUT2D eigenvalue weighted by Crippen LogP contribution is -2.46. The predicted octanol–water partition coefficient (Wildman–Crippen LogP) is 3.60. The number of nitrogens with one attached hydrogen (secondary N) is 1. The Kier molecular flexibility index (Phi) is 9.61. The number of rotatable bonds is 6. The van der Waals surface area contributed by atoms with Gasteiger partial charge in [0.1, 0.15) is 6.10 Å². The van der Waals surface area contributed by atoms with E-state index in [-0.39, 0.29) is 24.0 Å². The highest BCUT2D eigenvalue weighted by molar-refractivity contribution is 14.0. The van der Waals surface area contributed by atoms with E-state index in [4.69, 9.17) is 9.47 Å². The summed E-state index contributed by atoms with van der Waals surface area (Å²) in [5.41, 5.74) is 1.17. The molecular formula is C20H33IN4O2. The number of aromatic nitrogens is 1. The summed E-state index contributed by atoms with van der Waals surface area (Å²) in [6, 6.07) is 4.07. The normalized spacial score (nSPS) is 19.0. The van der Waals surface area contributed by atoms with Crippen LogP contribution >= 0.6 is 24.0 Å². The lowest BCUT2D eigenvalue weighted by atomic mass is 10.1. The van der Waals surface area contributed by atoms with E-state index in [2.05, 4.69) is 27.1 Å². The van der Waals surface area contributed by atoms with Gasteiger partial charge in [-0.3, -0.25) is 4.99 Å². The van der Waals surface area contributed by atoms with Crippen LogP contribution in [0.15, 0.2) is 23.3 Å². The molecule has 152 valence electrons. The molecule has 2 heterocycles. The van der Waals surface area contributed by atoms with Crippen molar-refractivity contribution < 1.29 is 9.47 Å². The maximum Gasteiger partial charge on any atom is 0.213 e. The van der Waals surface area contributed by atoms with Crippen LogP contribution in [0.2, 0.25) is 0 Å². The van der Waals surface area contributed by atoms with Crippen molar-refractivity contribution in [1.82, 2.24) is 15.2 Å². The van der Waals surface area contributed by atoms with Crippen LogP contribution in [0, 0.1) is 0 Å².